The van der Waals surface area contributed by atoms with Crippen LogP contribution in [-0.4, -0.2) is 54.8 Å². The first-order valence-electron chi connectivity index (χ1n) is 7.42. The molecule has 2 rings (SSSR count). The molecule has 0 radical (unpaired) electrons. The molecule has 1 fully saturated rings. The van der Waals surface area contributed by atoms with E-state index in [0.717, 1.165) is 6.07 Å². The van der Waals surface area contributed by atoms with Crippen molar-refractivity contribution in [2.75, 3.05) is 26.8 Å². The number of likely N-dealkylation sites (tertiary alicyclic amines) is 1. The molecule has 1 aromatic carbocycles. The number of rotatable bonds is 6. The molecule has 2 atom stereocenters. The summed E-state index contributed by atoms with van der Waals surface area (Å²) in [6.07, 6.45) is -0.563. The minimum absolute atomic E-state index is 0.0329. The van der Waals surface area contributed by atoms with Gasteiger partial charge in [-0.25, -0.2) is 4.39 Å². The van der Waals surface area contributed by atoms with Gasteiger partial charge < -0.3 is 19.5 Å². The number of carboxylic acid groups (broad SMARTS) is 1. The van der Waals surface area contributed by atoms with Gasteiger partial charge in [0.2, 0.25) is 0 Å². The van der Waals surface area contributed by atoms with Crippen molar-refractivity contribution in [3.05, 3.63) is 29.0 Å². The Morgan fingerprint density at radius 2 is 2.21 bits per heavy atom. The Balaban J connectivity index is 2.05. The van der Waals surface area contributed by atoms with Crippen LogP contribution in [0.4, 0.5) is 4.39 Å². The number of methoxy groups -OCH3 is 1. The molecule has 1 N–H and O–H groups in total. The van der Waals surface area contributed by atoms with Crippen molar-refractivity contribution in [2.24, 2.45) is 5.41 Å². The number of carboxylic acids is 1. The molecule has 2 unspecified atom stereocenters. The standard InChI is InChI=1S/C16H19ClFNO5/c1-10(24-13-4-3-11(18)7-12(13)17)14(20)19-6-5-16(8-19,9-23-2)15(21)22/h3-4,7,10H,5-6,8-9H2,1-2H3,(H,21,22). The van der Waals surface area contributed by atoms with Crippen LogP contribution in [0.2, 0.25) is 5.02 Å². The highest BCUT2D eigenvalue weighted by Crippen LogP contribution is 2.32. The van der Waals surface area contributed by atoms with E-state index in [1.54, 1.807) is 6.92 Å². The van der Waals surface area contributed by atoms with Crippen LogP contribution in [0.1, 0.15) is 13.3 Å². The van der Waals surface area contributed by atoms with Gasteiger partial charge in [-0.05, 0) is 31.5 Å². The monoisotopic (exact) mass is 359 g/mol. The van der Waals surface area contributed by atoms with Crippen LogP contribution >= 0.6 is 11.6 Å². The second-order valence-electron chi connectivity index (χ2n) is 5.86. The minimum atomic E-state index is -1.10. The highest BCUT2D eigenvalue weighted by Gasteiger charge is 2.47. The lowest BCUT2D eigenvalue weighted by atomic mass is 9.88. The van der Waals surface area contributed by atoms with Gasteiger partial charge in [0.25, 0.3) is 5.91 Å². The Morgan fingerprint density at radius 3 is 2.79 bits per heavy atom. The maximum Gasteiger partial charge on any atom is 0.313 e. The van der Waals surface area contributed by atoms with Crippen molar-refractivity contribution in [3.8, 4) is 5.75 Å². The van der Waals surface area contributed by atoms with Crippen molar-refractivity contribution in [2.45, 2.75) is 19.4 Å². The van der Waals surface area contributed by atoms with Gasteiger partial charge in [0.05, 0.1) is 11.6 Å². The number of nitrogens with zero attached hydrogens (tertiary/aromatic N) is 1. The van der Waals surface area contributed by atoms with E-state index in [0.29, 0.717) is 13.0 Å². The van der Waals surface area contributed by atoms with E-state index < -0.39 is 23.3 Å². The Bertz CT molecular complexity index is 641. The highest BCUT2D eigenvalue weighted by atomic mass is 35.5. The summed E-state index contributed by atoms with van der Waals surface area (Å²) in [5.41, 5.74) is -1.10. The average Bonchev–Trinajstić information content (AvgIpc) is 2.95. The van der Waals surface area contributed by atoms with Crippen molar-refractivity contribution in [3.63, 3.8) is 0 Å². The van der Waals surface area contributed by atoms with Gasteiger partial charge in [0, 0.05) is 20.2 Å². The van der Waals surface area contributed by atoms with Crippen molar-refractivity contribution in [1.29, 1.82) is 0 Å². The summed E-state index contributed by atoms with van der Waals surface area (Å²) < 4.78 is 23.5. The van der Waals surface area contributed by atoms with E-state index in [1.807, 2.05) is 0 Å². The summed E-state index contributed by atoms with van der Waals surface area (Å²) in [4.78, 5) is 25.4. The normalized spacial score (nSPS) is 21.6. The molecule has 6 nitrogen and oxygen atoms in total. The Kier molecular flexibility index (Phi) is 5.66. The zero-order valence-electron chi connectivity index (χ0n) is 13.4. The summed E-state index contributed by atoms with van der Waals surface area (Å²) in [6.45, 7) is 1.93. The smallest absolute Gasteiger partial charge is 0.313 e. The van der Waals surface area contributed by atoms with Crippen LogP contribution < -0.4 is 4.74 Å². The number of aliphatic carboxylic acids is 1. The summed E-state index contributed by atoms with van der Waals surface area (Å²) in [6, 6.07) is 3.62. The highest BCUT2D eigenvalue weighted by molar-refractivity contribution is 6.32. The van der Waals surface area contributed by atoms with Crippen molar-refractivity contribution in [1.82, 2.24) is 4.90 Å². The first-order valence-corrected chi connectivity index (χ1v) is 7.80. The predicted molar refractivity (Wildman–Crippen MR) is 84.6 cm³/mol. The Hall–Kier alpha value is -1.86. The third kappa shape index (κ3) is 3.79. The quantitative estimate of drug-likeness (QED) is 0.842. The predicted octanol–water partition coefficient (Wildman–Crippen LogP) is 2.20. The number of hydrogen-bond donors (Lipinski definition) is 1. The molecular weight excluding hydrogens is 341 g/mol. The van der Waals surface area contributed by atoms with Gasteiger partial charge in [0.15, 0.2) is 6.10 Å². The largest absolute Gasteiger partial charge is 0.481 e. The summed E-state index contributed by atoms with van der Waals surface area (Å²) in [5.74, 6) is -1.65. The second-order valence-corrected chi connectivity index (χ2v) is 6.27. The molecular formula is C16H19ClFNO5. The van der Waals surface area contributed by atoms with Gasteiger partial charge in [0.1, 0.15) is 17.0 Å². The fourth-order valence-corrected chi connectivity index (χ4v) is 2.97. The summed E-state index contributed by atoms with van der Waals surface area (Å²) >= 11 is 5.88. The molecule has 24 heavy (non-hydrogen) atoms. The number of benzene rings is 1. The van der Waals surface area contributed by atoms with E-state index in [-0.39, 0.29) is 29.8 Å². The SMILES string of the molecule is COCC1(C(=O)O)CCN(C(=O)C(C)Oc2ccc(F)cc2Cl)C1. The molecule has 8 heteroatoms. The van der Waals surface area contributed by atoms with Crippen molar-refractivity contribution >= 4 is 23.5 Å². The molecule has 0 spiro atoms. The second kappa shape index (κ2) is 7.36. The number of carbonyl (C=O) groups is 2. The van der Waals surface area contributed by atoms with Crippen LogP contribution in [0.15, 0.2) is 18.2 Å². The van der Waals surface area contributed by atoms with Crippen LogP contribution in [0.25, 0.3) is 0 Å². The zero-order chi connectivity index (χ0) is 17.9. The van der Waals surface area contributed by atoms with Crippen LogP contribution in [0.5, 0.6) is 5.75 Å². The summed E-state index contributed by atoms with van der Waals surface area (Å²) in [7, 11) is 1.43. The Labute approximate surface area is 144 Å². The first-order chi connectivity index (χ1) is 11.3. The van der Waals surface area contributed by atoms with Crippen LogP contribution in [-0.2, 0) is 14.3 Å². The summed E-state index contributed by atoms with van der Waals surface area (Å²) in [5, 5.41) is 9.49. The minimum Gasteiger partial charge on any atom is -0.481 e. The molecule has 0 bridgehead atoms. The van der Waals surface area contributed by atoms with Crippen LogP contribution in [0.3, 0.4) is 0 Å². The van der Waals surface area contributed by atoms with Crippen LogP contribution in [0, 0.1) is 11.2 Å². The van der Waals surface area contributed by atoms with Gasteiger partial charge in [-0.2, -0.15) is 0 Å². The van der Waals surface area contributed by atoms with Crippen molar-refractivity contribution < 1.29 is 28.6 Å². The molecule has 1 heterocycles. The molecule has 1 aliphatic rings. The lowest BCUT2D eigenvalue weighted by Crippen LogP contribution is -2.43. The van der Waals surface area contributed by atoms with E-state index >= 15 is 0 Å². The number of hydrogen-bond acceptors (Lipinski definition) is 4. The number of amides is 1. The molecule has 0 aliphatic carbocycles. The number of ether oxygens (including phenoxy) is 2. The number of carbonyl (C=O) groups excluding carboxylic acids is 1. The van der Waals surface area contributed by atoms with Gasteiger partial charge in [-0.3, -0.25) is 9.59 Å². The third-order valence-corrected chi connectivity index (χ3v) is 4.38. The lowest BCUT2D eigenvalue weighted by Gasteiger charge is -2.25. The third-order valence-electron chi connectivity index (χ3n) is 4.09. The molecule has 1 amide bonds. The van der Waals surface area contributed by atoms with E-state index in [4.69, 9.17) is 21.1 Å². The van der Waals surface area contributed by atoms with E-state index in [2.05, 4.69) is 0 Å². The maximum atomic E-state index is 13.0. The first kappa shape index (κ1) is 18.5. The van der Waals surface area contributed by atoms with E-state index in [9.17, 15) is 19.1 Å². The zero-order valence-corrected chi connectivity index (χ0v) is 14.2. The molecule has 0 saturated carbocycles. The molecule has 1 aromatic rings. The van der Waals surface area contributed by atoms with Gasteiger partial charge in [-0.1, -0.05) is 11.6 Å². The topological polar surface area (TPSA) is 76.1 Å². The van der Waals surface area contributed by atoms with Gasteiger partial charge >= 0.3 is 5.97 Å². The van der Waals surface area contributed by atoms with E-state index in [1.165, 1.54) is 24.1 Å². The van der Waals surface area contributed by atoms with Gasteiger partial charge in [-0.15, -0.1) is 0 Å². The fraction of sp³-hybridized carbons (Fsp3) is 0.500. The lowest BCUT2D eigenvalue weighted by molar-refractivity contribution is -0.152. The molecule has 0 aromatic heterocycles. The molecule has 1 saturated heterocycles. The number of halogens is 2. The maximum absolute atomic E-state index is 13.0. The average molecular weight is 360 g/mol. The Morgan fingerprint density at radius 1 is 1.50 bits per heavy atom. The molecule has 1 aliphatic heterocycles. The fourth-order valence-electron chi connectivity index (χ4n) is 2.76. The molecule has 132 valence electrons.